The molecule has 1 amide bonds. The van der Waals surface area contributed by atoms with E-state index < -0.39 is 0 Å². The average molecular weight is 310 g/mol. The first-order valence-corrected chi connectivity index (χ1v) is 7.35. The fourth-order valence-corrected chi connectivity index (χ4v) is 3.17. The summed E-state index contributed by atoms with van der Waals surface area (Å²) in [6.45, 7) is 3.68. The van der Waals surface area contributed by atoms with Gasteiger partial charge >= 0.3 is 0 Å². The highest BCUT2D eigenvalue weighted by molar-refractivity contribution is 7.21. The lowest BCUT2D eigenvalue weighted by Crippen LogP contribution is -2.35. The Balaban J connectivity index is 2.49. The lowest BCUT2D eigenvalue weighted by molar-refractivity contribution is 0.0690. The van der Waals surface area contributed by atoms with Gasteiger partial charge in [-0.1, -0.05) is 0 Å². The van der Waals surface area contributed by atoms with E-state index in [4.69, 9.17) is 15.9 Å². The van der Waals surface area contributed by atoms with Crippen LogP contribution in [0.5, 0.6) is 0 Å². The fraction of sp³-hybridized carbons (Fsp3) is 0.462. The first-order valence-electron chi connectivity index (χ1n) is 6.54. The van der Waals surface area contributed by atoms with Gasteiger partial charge in [-0.3, -0.25) is 4.79 Å². The summed E-state index contributed by atoms with van der Waals surface area (Å²) in [5.41, 5.74) is 8.17. The van der Waals surface area contributed by atoms with Crippen molar-refractivity contribution in [2.24, 2.45) is 0 Å². The van der Waals surface area contributed by atoms with Crippen LogP contribution in [0.1, 0.15) is 20.9 Å². The van der Waals surface area contributed by atoms with Gasteiger partial charge < -0.3 is 20.8 Å². The molecular weight excluding hydrogens is 292 g/mol. The van der Waals surface area contributed by atoms with E-state index >= 15 is 0 Å². The van der Waals surface area contributed by atoms with Crippen molar-refractivity contribution in [2.75, 3.05) is 32.0 Å². The topological polar surface area (TPSA) is 113 Å². The number of hydrogen-bond donors (Lipinski definition) is 3. The number of fused-ring (bicyclic) bond motifs is 1. The minimum atomic E-state index is -0.310. The first kappa shape index (κ1) is 15.6. The van der Waals surface area contributed by atoms with Crippen molar-refractivity contribution in [3.05, 3.63) is 16.1 Å². The second kappa shape index (κ2) is 6.33. The second-order valence-corrected chi connectivity index (χ2v) is 5.67. The molecule has 7 nitrogen and oxygen atoms in total. The number of aromatic nitrogens is 2. The van der Waals surface area contributed by atoms with E-state index in [0.29, 0.717) is 15.4 Å². The zero-order chi connectivity index (χ0) is 15.6. The number of hydrogen-bond acceptors (Lipinski definition) is 7. The van der Waals surface area contributed by atoms with Gasteiger partial charge in [0.15, 0.2) is 0 Å². The number of aryl methyl sites for hydroxylation is 2. The Labute approximate surface area is 126 Å². The van der Waals surface area contributed by atoms with Crippen molar-refractivity contribution in [1.82, 2.24) is 15.1 Å². The normalized spacial score (nSPS) is 11.0. The van der Waals surface area contributed by atoms with Crippen LogP contribution in [0.3, 0.4) is 0 Å². The molecule has 8 heteroatoms. The number of rotatable bonds is 5. The maximum atomic E-state index is 12.5. The summed E-state index contributed by atoms with van der Waals surface area (Å²) >= 11 is 1.18. The maximum Gasteiger partial charge on any atom is 0.266 e. The van der Waals surface area contributed by atoms with Crippen molar-refractivity contribution >= 4 is 33.1 Å². The Bertz CT molecular complexity index is 665. The van der Waals surface area contributed by atoms with Crippen LogP contribution in [0.2, 0.25) is 0 Å². The minimum Gasteiger partial charge on any atom is -0.397 e. The average Bonchev–Trinajstić information content (AvgIpc) is 2.80. The van der Waals surface area contributed by atoms with Gasteiger partial charge in [-0.2, -0.15) is 5.10 Å². The van der Waals surface area contributed by atoms with E-state index in [0.717, 1.165) is 16.6 Å². The molecule has 0 unspecified atom stereocenters. The van der Waals surface area contributed by atoms with Crippen molar-refractivity contribution in [3.8, 4) is 0 Å². The number of thiophene rings is 1. The predicted molar refractivity (Wildman–Crippen MR) is 81.4 cm³/mol. The van der Waals surface area contributed by atoms with Crippen LogP contribution in [-0.4, -0.2) is 57.5 Å². The Morgan fingerprint density at radius 3 is 2.43 bits per heavy atom. The van der Waals surface area contributed by atoms with E-state index in [2.05, 4.69) is 10.2 Å². The molecule has 0 radical (unpaired) electrons. The molecule has 2 rings (SSSR count). The third kappa shape index (κ3) is 2.82. The summed E-state index contributed by atoms with van der Waals surface area (Å²) in [6.07, 6.45) is 0. The summed E-state index contributed by atoms with van der Waals surface area (Å²) in [7, 11) is 0. The third-order valence-corrected chi connectivity index (χ3v) is 4.43. The van der Waals surface area contributed by atoms with Crippen LogP contribution in [0.4, 0.5) is 5.69 Å². The molecule has 0 aliphatic carbocycles. The van der Waals surface area contributed by atoms with Crippen LogP contribution in [0.15, 0.2) is 0 Å². The van der Waals surface area contributed by atoms with Gasteiger partial charge in [-0.25, -0.2) is 0 Å². The van der Waals surface area contributed by atoms with E-state index in [1.807, 2.05) is 13.8 Å². The van der Waals surface area contributed by atoms with Crippen LogP contribution in [0.25, 0.3) is 10.2 Å². The molecule has 114 valence electrons. The monoisotopic (exact) mass is 310 g/mol. The number of aliphatic hydroxyl groups excluding tert-OH is 2. The van der Waals surface area contributed by atoms with Gasteiger partial charge in [0, 0.05) is 18.5 Å². The SMILES string of the molecule is Cc1nnc2sc(C(=O)N(CCO)CCO)c(N)c2c1C. The number of nitrogens with zero attached hydrogens (tertiary/aromatic N) is 3. The molecule has 0 aliphatic heterocycles. The standard InChI is InChI=1S/C13H18N4O3S/c1-7-8(2)15-16-12-9(7)10(14)11(21-12)13(20)17(3-5-18)4-6-19/h18-19H,3-6,14H2,1-2H3. The molecule has 0 atom stereocenters. The predicted octanol–water partition coefficient (Wildman–Crippen LogP) is 0.317. The Morgan fingerprint density at radius 1 is 1.24 bits per heavy atom. The number of aliphatic hydroxyl groups is 2. The van der Waals surface area contributed by atoms with Crippen LogP contribution in [0, 0.1) is 13.8 Å². The molecule has 0 saturated heterocycles. The third-order valence-electron chi connectivity index (χ3n) is 3.36. The van der Waals surface area contributed by atoms with Crippen LogP contribution in [-0.2, 0) is 0 Å². The largest absolute Gasteiger partial charge is 0.397 e. The lowest BCUT2D eigenvalue weighted by Gasteiger charge is -2.20. The Hall–Kier alpha value is -1.77. The summed E-state index contributed by atoms with van der Waals surface area (Å²) in [6, 6.07) is 0. The quantitative estimate of drug-likeness (QED) is 0.733. The van der Waals surface area contributed by atoms with Gasteiger partial charge in [0.25, 0.3) is 5.91 Å². The number of carbonyl (C=O) groups excluding carboxylic acids is 1. The zero-order valence-corrected chi connectivity index (χ0v) is 12.8. The van der Waals surface area contributed by atoms with Gasteiger partial charge in [0.1, 0.15) is 9.71 Å². The first-order chi connectivity index (χ1) is 10.0. The number of carbonyl (C=O) groups is 1. The van der Waals surface area contributed by atoms with Crippen LogP contribution >= 0.6 is 11.3 Å². The highest BCUT2D eigenvalue weighted by Gasteiger charge is 2.23. The molecule has 2 heterocycles. The highest BCUT2D eigenvalue weighted by atomic mass is 32.1. The summed E-state index contributed by atoms with van der Waals surface area (Å²) in [5.74, 6) is -0.310. The molecule has 2 aromatic rings. The molecular formula is C13H18N4O3S. The van der Waals surface area contributed by atoms with E-state index in [-0.39, 0.29) is 32.2 Å². The fourth-order valence-electron chi connectivity index (χ4n) is 2.10. The maximum absolute atomic E-state index is 12.5. The highest BCUT2D eigenvalue weighted by Crippen LogP contribution is 2.35. The molecule has 0 aliphatic rings. The number of amides is 1. The molecule has 0 bridgehead atoms. The van der Waals surface area contributed by atoms with Gasteiger partial charge in [-0.05, 0) is 19.4 Å². The Kier molecular flexibility index (Phi) is 4.71. The van der Waals surface area contributed by atoms with E-state index in [1.165, 1.54) is 16.2 Å². The van der Waals surface area contributed by atoms with Gasteiger partial charge in [-0.15, -0.1) is 16.4 Å². The molecule has 4 N–H and O–H groups in total. The van der Waals surface area contributed by atoms with Gasteiger partial charge in [0.2, 0.25) is 0 Å². The van der Waals surface area contributed by atoms with Crippen molar-refractivity contribution in [2.45, 2.75) is 13.8 Å². The van der Waals surface area contributed by atoms with E-state index in [1.54, 1.807) is 0 Å². The molecule has 2 aromatic heterocycles. The Morgan fingerprint density at radius 2 is 1.86 bits per heavy atom. The van der Waals surface area contributed by atoms with Crippen molar-refractivity contribution < 1.29 is 15.0 Å². The molecule has 21 heavy (non-hydrogen) atoms. The van der Waals surface area contributed by atoms with Crippen molar-refractivity contribution in [1.29, 1.82) is 0 Å². The molecule has 0 fully saturated rings. The summed E-state index contributed by atoms with van der Waals surface area (Å²) in [4.78, 5) is 14.9. The molecule has 0 spiro atoms. The number of anilines is 1. The number of nitrogens with two attached hydrogens (primary N) is 1. The smallest absolute Gasteiger partial charge is 0.266 e. The van der Waals surface area contributed by atoms with Gasteiger partial charge in [0.05, 0.1) is 24.6 Å². The number of nitrogen functional groups attached to an aromatic ring is 1. The second-order valence-electron chi connectivity index (χ2n) is 4.67. The van der Waals surface area contributed by atoms with Crippen LogP contribution < -0.4 is 5.73 Å². The zero-order valence-electron chi connectivity index (χ0n) is 12.0. The molecule has 0 aromatic carbocycles. The summed E-state index contributed by atoms with van der Waals surface area (Å²) < 4.78 is 0. The lowest BCUT2D eigenvalue weighted by atomic mass is 10.1. The minimum absolute atomic E-state index is 0.150. The van der Waals surface area contributed by atoms with Crippen molar-refractivity contribution in [3.63, 3.8) is 0 Å². The molecule has 0 saturated carbocycles. The van der Waals surface area contributed by atoms with E-state index in [9.17, 15) is 4.79 Å². The summed E-state index contributed by atoms with van der Waals surface area (Å²) in [5, 5.41) is 26.9.